The van der Waals surface area contributed by atoms with Crippen LogP contribution in [0.3, 0.4) is 0 Å². The van der Waals surface area contributed by atoms with Gasteiger partial charge in [0.2, 0.25) is 5.75 Å². The SMILES string of the molecule is CCCNC(=O)NC(=O)COc1cc(F)ccc1[N+](=O)[O-]. The normalized spacial score (nSPS) is 9.81. The van der Waals surface area contributed by atoms with E-state index in [9.17, 15) is 24.1 Å². The van der Waals surface area contributed by atoms with Gasteiger partial charge in [-0.1, -0.05) is 6.92 Å². The van der Waals surface area contributed by atoms with Crippen molar-refractivity contribution in [2.24, 2.45) is 0 Å². The highest BCUT2D eigenvalue weighted by molar-refractivity contribution is 5.95. The summed E-state index contributed by atoms with van der Waals surface area (Å²) in [5, 5.41) is 15.1. The summed E-state index contributed by atoms with van der Waals surface area (Å²) in [5.74, 6) is -1.93. The highest BCUT2D eigenvalue weighted by atomic mass is 19.1. The fraction of sp³-hybridized carbons (Fsp3) is 0.333. The van der Waals surface area contributed by atoms with Crippen LogP contribution in [-0.4, -0.2) is 30.0 Å². The smallest absolute Gasteiger partial charge is 0.321 e. The number of benzene rings is 1. The van der Waals surface area contributed by atoms with Crippen molar-refractivity contribution >= 4 is 17.6 Å². The number of rotatable bonds is 6. The van der Waals surface area contributed by atoms with Crippen LogP contribution in [-0.2, 0) is 4.79 Å². The molecule has 0 heterocycles. The lowest BCUT2D eigenvalue weighted by molar-refractivity contribution is -0.385. The van der Waals surface area contributed by atoms with Gasteiger partial charge in [-0.25, -0.2) is 9.18 Å². The van der Waals surface area contributed by atoms with E-state index in [0.29, 0.717) is 13.0 Å². The van der Waals surface area contributed by atoms with Crippen LogP contribution in [0.2, 0.25) is 0 Å². The standard InChI is InChI=1S/C12H14FN3O5/c1-2-5-14-12(18)15-11(17)7-21-10-6-8(13)3-4-9(10)16(19)20/h3-4,6H,2,5,7H2,1H3,(H2,14,15,17,18). The summed E-state index contributed by atoms with van der Waals surface area (Å²) in [4.78, 5) is 32.5. The number of ether oxygens (including phenoxy) is 1. The fourth-order valence-electron chi connectivity index (χ4n) is 1.34. The minimum atomic E-state index is -0.804. The van der Waals surface area contributed by atoms with E-state index in [4.69, 9.17) is 4.74 Å². The average molecular weight is 299 g/mol. The Labute approximate surface area is 119 Å². The summed E-state index contributed by atoms with van der Waals surface area (Å²) in [7, 11) is 0. The van der Waals surface area contributed by atoms with E-state index in [-0.39, 0.29) is 5.75 Å². The second-order valence-corrected chi connectivity index (χ2v) is 3.96. The summed E-state index contributed by atoms with van der Waals surface area (Å²) >= 11 is 0. The summed E-state index contributed by atoms with van der Waals surface area (Å²) < 4.78 is 17.9. The van der Waals surface area contributed by atoms with Gasteiger partial charge in [-0.2, -0.15) is 0 Å². The molecule has 1 rings (SSSR count). The van der Waals surface area contributed by atoms with E-state index >= 15 is 0 Å². The van der Waals surface area contributed by atoms with Gasteiger partial charge in [0.15, 0.2) is 6.61 Å². The Hall–Kier alpha value is -2.71. The number of nitrogens with zero attached hydrogens (tertiary/aromatic N) is 1. The molecule has 9 heteroatoms. The van der Waals surface area contributed by atoms with Crippen LogP contribution >= 0.6 is 0 Å². The van der Waals surface area contributed by atoms with Crippen molar-refractivity contribution in [3.8, 4) is 5.75 Å². The van der Waals surface area contributed by atoms with Crippen molar-refractivity contribution in [3.05, 3.63) is 34.1 Å². The first-order chi connectivity index (χ1) is 9.93. The molecule has 0 aromatic heterocycles. The molecule has 21 heavy (non-hydrogen) atoms. The Balaban J connectivity index is 2.59. The number of imide groups is 1. The summed E-state index contributed by atoms with van der Waals surface area (Å²) in [6.45, 7) is 1.59. The lowest BCUT2D eigenvalue weighted by Gasteiger charge is -2.08. The van der Waals surface area contributed by atoms with E-state index in [1.807, 2.05) is 12.2 Å². The first-order valence-electron chi connectivity index (χ1n) is 6.08. The summed E-state index contributed by atoms with van der Waals surface area (Å²) in [5.41, 5.74) is -0.473. The average Bonchev–Trinajstić information content (AvgIpc) is 2.42. The molecule has 0 atom stereocenters. The number of halogens is 1. The molecule has 1 aromatic carbocycles. The van der Waals surface area contributed by atoms with Crippen LogP contribution in [0.1, 0.15) is 13.3 Å². The first kappa shape index (κ1) is 16.3. The van der Waals surface area contributed by atoms with Gasteiger partial charge >= 0.3 is 11.7 Å². The minimum Gasteiger partial charge on any atom is -0.477 e. The highest BCUT2D eigenvalue weighted by Crippen LogP contribution is 2.27. The number of urea groups is 1. The Morgan fingerprint density at radius 2 is 2.14 bits per heavy atom. The number of nitro groups is 1. The Morgan fingerprint density at radius 3 is 2.76 bits per heavy atom. The summed E-state index contributed by atoms with van der Waals surface area (Å²) in [6.07, 6.45) is 0.702. The van der Waals surface area contributed by atoms with E-state index in [0.717, 1.165) is 18.2 Å². The van der Waals surface area contributed by atoms with Crippen LogP contribution in [0.4, 0.5) is 14.9 Å². The van der Waals surface area contributed by atoms with Crippen LogP contribution in [0, 0.1) is 15.9 Å². The van der Waals surface area contributed by atoms with E-state index in [2.05, 4.69) is 5.32 Å². The predicted octanol–water partition coefficient (Wildman–Crippen LogP) is 1.35. The molecule has 0 aliphatic rings. The molecular formula is C12H14FN3O5. The van der Waals surface area contributed by atoms with E-state index in [1.54, 1.807) is 0 Å². The van der Waals surface area contributed by atoms with Gasteiger partial charge in [0.25, 0.3) is 5.91 Å². The molecule has 0 saturated carbocycles. The second-order valence-electron chi connectivity index (χ2n) is 3.96. The van der Waals surface area contributed by atoms with Gasteiger partial charge in [-0.3, -0.25) is 20.2 Å². The molecule has 114 valence electrons. The topological polar surface area (TPSA) is 111 Å². The van der Waals surface area contributed by atoms with Crippen molar-refractivity contribution in [2.75, 3.05) is 13.2 Å². The number of hydrogen-bond donors (Lipinski definition) is 2. The van der Waals surface area contributed by atoms with E-state index in [1.165, 1.54) is 0 Å². The van der Waals surface area contributed by atoms with Gasteiger partial charge in [-0.05, 0) is 12.5 Å². The highest BCUT2D eigenvalue weighted by Gasteiger charge is 2.17. The van der Waals surface area contributed by atoms with E-state index < -0.39 is 35.0 Å². The fourth-order valence-corrected chi connectivity index (χ4v) is 1.34. The van der Waals surface area contributed by atoms with Gasteiger partial charge in [0.1, 0.15) is 5.82 Å². The molecule has 3 amide bonds. The monoisotopic (exact) mass is 299 g/mol. The zero-order valence-electron chi connectivity index (χ0n) is 11.2. The van der Waals surface area contributed by atoms with Crippen LogP contribution in [0.5, 0.6) is 5.75 Å². The molecule has 0 aliphatic carbocycles. The lowest BCUT2D eigenvalue weighted by Crippen LogP contribution is -2.41. The molecule has 0 unspecified atom stereocenters. The molecule has 0 radical (unpaired) electrons. The van der Waals surface area contributed by atoms with Crippen molar-refractivity contribution in [2.45, 2.75) is 13.3 Å². The Bertz CT molecular complexity index is 550. The number of carbonyl (C=O) groups excluding carboxylic acids is 2. The van der Waals surface area contributed by atoms with Gasteiger partial charge < -0.3 is 10.1 Å². The third-order valence-electron chi connectivity index (χ3n) is 2.27. The molecular weight excluding hydrogens is 285 g/mol. The predicted molar refractivity (Wildman–Crippen MR) is 70.4 cm³/mol. The number of carbonyl (C=O) groups is 2. The van der Waals surface area contributed by atoms with Crippen LogP contribution in [0.15, 0.2) is 18.2 Å². The van der Waals surface area contributed by atoms with Gasteiger partial charge in [0.05, 0.1) is 4.92 Å². The van der Waals surface area contributed by atoms with Crippen molar-refractivity contribution in [3.63, 3.8) is 0 Å². The Morgan fingerprint density at radius 1 is 1.43 bits per heavy atom. The molecule has 0 aliphatic heterocycles. The largest absolute Gasteiger partial charge is 0.477 e. The number of nitrogens with one attached hydrogen (secondary N) is 2. The lowest BCUT2D eigenvalue weighted by atomic mass is 10.3. The number of amides is 3. The van der Waals surface area contributed by atoms with Crippen molar-refractivity contribution < 1.29 is 23.6 Å². The van der Waals surface area contributed by atoms with Crippen molar-refractivity contribution in [1.29, 1.82) is 0 Å². The maximum atomic E-state index is 13.0. The third kappa shape index (κ3) is 5.43. The van der Waals surface area contributed by atoms with Gasteiger partial charge in [-0.15, -0.1) is 0 Å². The quantitative estimate of drug-likeness (QED) is 0.608. The molecule has 0 saturated heterocycles. The second kappa shape index (κ2) is 7.78. The van der Waals surface area contributed by atoms with Gasteiger partial charge in [0, 0.05) is 18.7 Å². The van der Waals surface area contributed by atoms with Crippen molar-refractivity contribution in [1.82, 2.24) is 10.6 Å². The molecule has 1 aromatic rings. The third-order valence-corrected chi connectivity index (χ3v) is 2.27. The molecule has 0 fully saturated rings. The maximum absolute atomic E-state index is 13.0. The molecule has 8 nitrogen and oxygen atoms in total. The molecule has 2 N–H and O–H groups in total. The summed E-state index contributed by atoms with van der Waals surface area (Å²) in [6, 6.07) is 1.93. The Kier molecular flexibility index (Phi) is 6.05. The first-order valence-corrected chi connectivity index (χ1v) is 6.08. The van der Waals surface area contributed by atoms with Crippen LogP contribution in [0.25, 0.3) is 0 Å². The number of nitro benzene ring substituents is 1. The zero-order valence-corrected chi connectivity index (χ0v) is 11.2. The molecule has 0 bridgehead atoms. The maximum Gasteiger partial charge on any atom is 0.321 e. The number of hydrogen-bond acceptors (Lipinski definition) is 5. The minimum absolute atomic E-state index is 0.385. The zero-order chi connectivity index (χ0) is 15.8. The van der Waals surface area contributed by atoms with Crippen LogP contribution < -0.4 is 15.4 Å². The molecule has 0 spiro atoms.